The summed E-state index contributed by atoms with van der Waals surface area (Å²) in [4.78, 5) is 0. The molecule has 0 fully saturated rings. The highest BCUT2D eigenvalue weighted by Gasteiger charge is 2.01. The Kier molecular flexibility index (Phi) is 2.88. The van der Waals surface area contributed by atoms with Crippen LogP contribution in [0.25, 0.3) is 11.0 Å². The fraction of sp³-hybridized carbons (Fsp3) is 0.231. The van der Waals surface area contributed by atoms with Crippen LogP contribution in [0.15, 0.2) is 46.9 Å². The van der Waals surface area contributed by atoms with Gasteiger partial charge in [-0.15, -0.1) is 0 Å². The first kappa shape index (κ1) is 9.99. The highest BCUT2D eigenvalue weighted by Crippen LogP contribution is 2.18. The highest BCUT2D eigenvalue weighted by atomic mass is 16.3. The molecule has 0 bridgehead atoms. The van der Waals surface area contributed by atoms with Crippen molar-refractivity contribution in [3.8, 4) is 0 Å². The van der Waals surface area contributed by atoms with E-state index in [4.69, 9.17) is 4.42 Å². The van der Waals surface area contributed by atoms with Crippen molar-refractivity contribution in [3.05, 3.63) is 48.2 Å². The standard InChI is InChI=1S/C13H15NO/c1-10(2)8-14-9-12-7-11-5-3-4-6-13(11)15-12/h3-7,14H,1,8-9H2,2H3. The molecule has 1 aromatic carbocycles. The Morgan fingerprint density at radius 2 is 2.20 bits per heavy atom. The van der Waals surface area contributed by atoms with Crippen molar-refractivity contribution in [2.75, 3.05) is 6.54 Å². The molecule has 0 saturated carbocycles. The molecule has 0 aliphatic heterocycles. The molecule has 0 aliphatic rings. The maximum atomic E-state index is 5.66. The monoisotopic (exact) mass is 201 g/mol. The predicted octanol–water partition coefficient (Wildman–Crippen LogP) is 3.10. The summed E-state index contributed by atoms with van der Waals surface area (Å²) in [6, 6.07) is 10.1. The van der Waals surface area contributed by atoms with Crippen LogP contribution in [0.2, 0.25) is 0 Å². The van der Waals surface area contributed by atoms with Gasteiger partial charge in [0, 0.05) is 11.9 Å². The number of fused-ring (bicyclic) bond motifs is 1. The second kappa shape index (κ2) is 4.32. The molecule has 0 saturated heterocycles. The van der Waals surface area contributed by atoms with E-state index in [0.717, 1.165) is 35.4 Å². The molecule has 0 unspecified atom stereocenters. The number of furan rings is 1. The molecule has 15 heavy (non-hydrogen) atoms. The zero-order valence-electron chi connectivity index (χ0n) is 8.92. The molecule has 0 radical (unpaired) electrons. The number of hydrogen-bond acceptors (Lipinski definition) is 2. The summed E-state index contributed by atoms with van der Waals surface area (Å²) in [5, 5.41) is 4.43. The van der Waals surface area contributed by atoms with Crippen LogP contribution in [0.1, 0.15) is 12.7 Å². The summed E-state index contributed by atoms with van der Waals surface area (Å²) in [5.41, 5.74) is 2.08. The Morgan fingerprint density at radius 3 is 2.93 bits per heavy atom. The van der Waals surface area contributed by atoms with Gasteiger partial charge in [-0.3, -0.25) is 0 Å². The second-order valence-electron chi connectivity index (χ2n) is 3.81. The van der Waals surface area contributed by atoms with E-state index in [9.17, 15) is 0 Å². The van der Waals surface area contributed by atoms with Crippen LogP contribution in [-0.2, 0) is 6.54 Å². The predicted molar refractivity (Wildman–Crippen MR) is 62.7 cm³/mol. The van der Waals surface area contributed by atoms with Gasteiger partial charge in [-0.25, -0.2) is 0 Å². The van der Waals surface area contributed by atoms with Gasteiger partial charge in [0.1, 0.15) is 11.3 Å². The molecule has 0 amide bonds. The molecule has 0 aliphatic carbocycles. The first-order valence-electron chi connectivity index (χ1n) is 5.08. The minimum absolute atomic E-state index is 0.752. The minimum Gasteiger partial charge on any atom is -0.460 e. The van der Waals surface area contributed by atoms with Gasteiger partial charge in [0.15, 0.2) is 0 Å². The van der Waals surface area contributed by atoms with Gasteiger partial charge in [-0.05, 0) is 19.1 Å². The van der Waals surface area contributed by atoms with Crippen molar-refractivity contribution in [3.63, 3.8) is 0 Å². The van der Waals surface area contributed by atoms with Gasteiger partial charge in [0.05, 0.1) is 6.54 Å². The lowest BCUT2D eigenvalue weighted by Crippen LogP contribution is -2.14. The Balaban J connectivity index is 2.05. The van der Waals surface area contributed by atoms with E-state index in [1.807, 2.05) is 25.1 Å². The van der Waals surface area contributed by atoms with Gasteiger partial charge in [-0.2, -0.15) is 0 Å². The van der Waals surface area contributed by atoms with Crippen molar-refractivity contribution >= 4 is 11.0 Å². The van der Waals surface area contributed by atoms with E-state index in [0.29, 0.717) is 0 Å². The lowest BCUT2D eigenvalue weighted by atomic mass is 10.2. The summed E-state index contributed by atoms with van der Waals surface area (Å²) in [5.74, 6) is 0.970. The molecule has 2 aromatic rings. The summed E-state index contributed by atoms with van der Waals surface area (Å²) in [7, 11) is 0. The first-order valence-corrected chi connectivity index (χ1v) is 5.08. The van der Waals surface area contributed by atoms with Crippen LogP contribution in [0.3, 0.4) is 0 Å². The lowest BCUT2D eigenvalue weighted by Gasteiger charge is -2.00. The SMILES string of the molecule is C=C(C)CNCc1cc2ccccc2o1. The normalized spacial score (nSPS) is 10.7. The van der Waals surface area contributed by atoms with Crippen LogP contribution in [0.4, 0.5) is 0 Å². The smallest absolute Gasteiger partial charge is 0.134 e. The van der Waals surface area contributed by atoms with Crippen LogP contribution >= 0.6 is 0 Å². The van der Waals surface area contributed by atoms with Gasteiger partial charge in [-0.1, -0.05) is 30.4 Å². The molecule has 1 aromatic heterocycles. The molecular formula is C13H15NO. The van der Waals surface area contributed by atoms with E-state index < -0.39 is 0 Å². The molecule has 0 spiro atoms. The maximum Gasteiger partial charge on any atom is 0.134 e. The van der Waals surface area contributed by atoms with E-state index in [1.165, 1.54) is 0 Å². The maximum absolute atomic E-state index is 5.66. The van der Waals surface area contributed by atoms with Crippen LogP contribution in [0, 0.1) is 0 Å². The van der Waals surface area contributed by atoms with Gasteiger partial charge < -0.3 is 9.73 Å². The first-order chi connectivity index (χ1) is 7.25. The lowest BCUT2D eigenvalue weighted by molar-refractivity contribution is 0.522. The fourth-order valence-electron chi connectivity index (χ4n) is 1.52. The van der Waals surface area contributed by atoms with Crippen LogP contribution in [-0.4, -0.2) is 6.54 Å². The molecule has 1 N–H and O–H groups in total. The number of para-hydroxylation sites is 1. The molecule has 2 heteroatoms. The molecule has 2 rings (SSSR count). The zero-order chi connectivity index (χ0) is 10.7. The van der Waals surface area contributed by atoms with E-state index in [-0.39, 0.29) is 0 Å². The van der Waals surface area contributed by atoms with Crippen molar-refractivity contribution < 1.29 is 4.42 Å². The molecule has 0 atom stereocenters. The Bertz CT molecular complexity index is 437. The van der Waals surface area contributed by atoms with Gasteiger partial charge >= 0.3 is 0 Å². The Hall–Kier alpha value is -1.54. The zero-order valence-corrected chi connectivity index (χ0v) is 8.92. The number of nitrogens with one attached hydrogen (secondary N) is 1. The summed E-state index contributed by atoms with van der Waals surface area (Å²) >= 11 is 0. The van der Waals surface area contributed by atoms with Gasteiger partial charge in [0.2, 0.25) is 0 Å². The number of rotatable bonds is 4. The third kappa shape index (κ3) is 2.48. The molecule has 2 nitrogen and oxygen atoms in total. The average molecular weight is 201 g/mol. The van der Waals surface area contributed by atoms with E-state index >= 15 is 0 Å². The molecule has 1 heterocycles. The molecule has 78 valence electrons. The third-order valence-electron chi connectivity index (χ3n) is 2.20. The van der Waals surface area contributed by atoms with Crippen molar-refractivity contribution in [1.82, 2.24) is 5.32 Å². The summed E-state index contributed by atoms with van der Waals surface area (Å²) < 4.78 is 5.66. The Morgan fingerprint density at radius 1 is 1.40 bits per heavy atom. The van der Waals surface area contributed by atoms with Crippen LogP contribution < -0.4 is 5.32 Å². The van der Waals surface area contributed by atoms with E-state index in [1.54, 1.807) is 0 Å². The topological polar surface area (TPSA) is 25.2 Å². The quantitative estimate of drug-likeness (QED) is 0.769. The Labute approximate surface area is 89.6 Å². The van der Waals surface area contributed by atoms with E-state index in [2.05, 4.69) is 24.0 Å². The molecular weight excluding hydrogens is 186 g/mol. The number of benzene rings is 1. The van der Waals surface area contributed by atoms with Crippen molar-refractivity contribution in [1.29, 1.82) is 0 Å². The highest BCUT2D eigenvalue weighted by molar-refractivity contribution is 5.77. The van der Waals surface area contributed by atoms with Crippen molar-refractivity contribution in [2.24, 2.45) is 0 Å². The largest absolute Gasteiger partial charge is 0.460 e. The third-order valence-corrected chi connectivity index (χ3v) is 2.20. The second-order valence-corrected chi connectivity index (χ2v) is 3.81. The van der Waals surface area contributed by atoms with Crippen molar-refractivity contribution in [2.45, 2.75) is 13.5 Å². The van der Waals surface area contributed by atoms with Crippen LogP contribution in [0.5, 0.6) is 0 Å². The minimum atomic E-state index is 0.752. The summed E-state index contributed by atoms with van der Waals surface area (Å²) in [6.07, 6.45) is 0. The average Bonchev–Trinajstić information content (AvgIpc) is 2.59. The fourth-order valence-corrected chi connectivity index (χ4v) is 1.52. The summed E-state index contributed by atoms with van der Waals surface area (Å²) in [6.45, 7) is 7.42. The van der Waals surface area contributed by atoms with Gasteiger partial charge in [0.25, 0.3) is 0 Å². The number of hydrogen-bond donors (Lipinski definition) is 1.